The van der Waals surface area contributed by atoms with Gasteiger partial charge in [-0.15, -0.1) is 11.3 Å². The Bertz CT molecular complexity index is 1190. The second-order valence-corrected chi connectivity index (χ2v) is 10.1. The molecular formula is C24H29FN6OS. The Morgan fingerprint density at radius 3 is 2.88 bits per heavy atom. The molecule has 3 aromatic rings. The van der Waals surface area contributed by atoms with Gasteiger partial charge in [-0.25, -0.2) is 9.97 Å². The summed E-state index contributed by atoms with van der Waals surface area (Å²) in [4.78, 5) is 25.9. The molecule has 1 fully saturated rings. The molecule has 5 rings (SSSR count). The van der Waals surface area contributed by atoms with Crippen molar-refractivity contribution in [2.45, 2.75) is 38.3 Å². The largest absolute Gasteiger partial charge is 0.397 e. The number of thiophene rings is 1. The summed E-state index contributed by atoms with van der Waals surface area (Å²) < 4.78 is 13.3. The second-order valence-electron chi connectivity index (χ2n) is 9.05. The highest BCUT2D eigenvalue weighted by Crippen LogP contribution is 2.33. The van der Waals surface area contributed by atoms with Crippen molar-refractivity contribution < 1.29 is 9.18 Å². The van der Waals surface area contributed by atoms with Crippen LogP contribution in [0.25, 0.3) is 10.2 Å². The van der Waals surface area contributed by atoms with E-state index in [-0.39, 0.29) is 30.6 Å². The average molecular weight is 469 g/mol. The third kappa shape index (κ3) is 4.15. The van der Waals surface area contributed by atoms with Crippen molar-refractivity contribution in [2.75, 3.05) is 37.4 Å². The van der Waals surface area contributed by atoms with Gasteiger partial charge >= 0.3 is 0 Å². The Balaban J connectivity index is 1.27. The van der Waals surface area contributed by atoms with E-state index in [1.165, 1.54) is 11.3 Å². The number of nitrogen functional groups attached to an aromatic ring is 1. The Morgan fingerprint density at radius 1 is 1.27 bits per heavy atom. The van der Waals surface area contributed by atoms with Gasteiger partial charge in [0, 0.05) is 47.9 Å². The van der Waals surface area contributed by atoms with E-state index in [1.807, 2.05) is 32.2 Å². The normalized spacial score (nSPS) is 22.5. The molecule has 9 heteroatoms. The first-order chi connectivity index (χ1) is 16.0. The summed E-state index contributed by atoms with van der Waals surface area (Å²) in [6.45, 7) is 3.04. The van der Waals surface area contributed by atoms with E-state index in [9.17, 15) is 9.18 Å². The number of nitrogens with zero attached hydrogens (tertiary/aromatic N) is 3. The Kier molecular flexibility index (Phi) is 5.92. The van der Waals surface area contributed by atoms with Crippen LogP contribution in [0.4, 0.5) is 15.9 Å². The number of aromatic nitrogens is 2. The van der Waals surface area contributed by atoms with Crippen molar-refractivity contribution in [3.63, 3.8) is 0 Å². The number of hydrogen-bond acceptors (Lipinski definition) is 7. The minimum atomic E-state index is -0.325. The van der Waals surface area contributed by atoms with Crippen molar-refractivity contribution in [1.29, 1.82) is 0 Å². The van der Waals surface area contributed by atoms with Gasteiger partial charge in [-0.1, -0.05) is 6.07 Å². The van der Waals surface area contributed by atoms with Gasteiger partial charge in [0.25, 0.3) is 5.91 Å². The van der Waals surface area contributed by atoms with Gasteiger partial charge in [0.2, 0.25) is 0 Å². The Hall–Kier alpha value is -2.78. The van der Waals surface area contributed by atoms with Gasteiger partial charge in [-0.05, 0) is 57.0 Å². The molecule has 1 aliphatic heterocycles. The van der Waals surface area contributed by atoms with E-state index in [0.717, 1.165) is 58.8 Å². The van der Waals surface area contributed by atoms with Gasteiger partial charge < -0.3 is 21.3 Å². The highest BCUT2D eigenvalue weighted by molar-refractivity contribution is 7.21. The quantitative estimate of drug-likeness (QED) is 0.533. The molecule has 1 saturated heterocycles. The monoisotopic (exact) mass is 468 g/mol. The summed E-state index contributed by atoms with van der Waals surface area (Å²) in [6.07, 6.45) is 2.36. The summed E-state index contributed by atoms with van der Waals surface area (Å²) >= 11 is 1.34. The number of amides is 1. The zero-order chi connectivity index (χ0) is 23.1. The first-order valence-electron chi connectivity index (χ1n) is 11.4. The highest BCUT2D eigenvalue weighted by atomic mass is 32.1. The molecule has 4 heterocycles. The lowest BCUT2D eigenvalue weighted by atomic mass is 9.91. The summed E-state index contributed by atoms with van der Waals surface area (Å²) in [7, 11) is 1.88. The third-order valence-electron chi connectivity index (χ3n) is 6.86. The zero-order valence-corrected chi connectivity index (χ0v) is 19.7. The fraction of sp³-hybridized carbons (Fsp3) is 0.458. The maximum atomic E-state index is 13.3. The fourth-order valence-electron chi connectivity index (χ4n) is 4.95. The van der Waals surface area contributed by atoms with E-state index in [2.05, 4.69) is 26.6 Å². The second kappa shape index (κ2) is 8.87. The molecule has 0 spiro atoms. The number of carbonyl (C=O) groups is 1. The number of nitrogens with one attached hydrogen (secondary N) is 2. The summed E-state index contributed by atoms with van der Waals surface area (Å²) in [5.41, 5.74) is 9.89. The van der Waals surface area contributed by atoms with Crippen LogP contribution in [-0.2, 0) is 12.8 Å². The molecule has 0 saturated carbocycles. The number of carbonyl (C=O) groups excluding carboxylic acids is 1. The van der Waals surface area contributed by atoms with Gasteiger partial charge in [-0.3, -0.25) is 9.18 Å². The molecule has 33 heavy (non-hydrogen) atoms. The summed E-state index contributed by atoms with van der Waals surface area (Å²) in [5, 5.41) is 7.21. The maximum absolute atomic E-state index is 13.3. The number of fused-ring (bicyclic) bond motifs is 2. The molecule has 3 atom stereocenters. The molecule has 0 radical (unpaired) electrons. The maximum Gasteiger partial charge on any atom is 0.263 e. The fourth-order valence-corrected chi connectivity index (χ4v) is 5.99. The van der Waals surface area contributed by atoms with E-state index < -0.39 is 0 Å². The molecule has 3 aromatic heterocycles. The molecule has 2 aliphatic rings. The van der Waals surface area contributed by atoms with Crippen molar-refractivity contribution >= 4 is 39.0 Å². The molecule has 1 amide bonds. The first-order valence-corrected chi connectivity index (χ1v) is 12.2. The van der Waals surface area contributed by atoms with Crippen molar-refractivity contribution in [1.82, 2.24) is 20.6 Å². The average Bonchev–Trinajstić information content (AvgIpc) is 3.39. The zero-order valence-electron chi connectivity index (χ0n) is 18.9. The lowest BCUT2D eigenvalue weighted by Gasteiger charge is -2.26. The molecular weight excluding hydrogens is 439 g/mol. The summed E-state index contributed by atoms with van der Waals surface area (Å²) in [5.74, 6) is 0.764. The van der Waals surface area contributed by atoms with Gasteiger partial charge in [-0.2, -0.15) is 0 Å². The summed E-state index contributed by atoms with van der Waals surface area (Å²) in [6, 6.07) is 8.14. The topological polar surface area (TPSA) is 96.2 Å². The number of pyridine rings is 2. The van der Waals surface area contributed by atoms with Crippen molar-refractivity contribution in [3.05, 3.63) is 46.1 Å². The van der Waals surface area contributed by atoms with Crippen LogP contribution in [0, 0.1) is 12.8 Å². The minimum Gasteiger partial charge on any atom is -0.397 e. The van der Waals surface area contributed by atoms with Crippen molar-refractivity contribution in [2.24, 2.45) is 5.92 Å². The highest BCUT2D eigenvalue weighted by Gasteiger charge is 2.33. The molecule has 174 valence electrons. The molecule has 0 bridgehead atoms. The number of aryl methyl sites for hydroxylation is 2. The van der Waals surface area contributed by atoms with E-state index in [4.69, 9.17) is 10.7 Å². The standard InChI is InChI=1S/C24H29FN6OS/c1-13-3-6-17-21(26)22(33-24(17)28-13)23(32)29-16-5-7-18-14(9-16)4-8-20(30-18)31-11-15(10-25)19(12-31)27-2/h3-4,6,8,15-16,19,27H,5,7,9-12,26H2,1-2H3,(H,29,32)/t15-,16-,19+/m0/s1. The van der Waals surface area contributed by atoms with Crippen LogP contribution in [0.1, 0.15) is 33.0 Å². The number of rotatable bonds is 5. The number of nitrogens with two attached hydrogens (primary N) is 1. The SMILES string of the molecule is CN[C@@H]1CN(c2ccc3c(n2)CC[C@H](NC(=O)c2sc4nc(C)ccc4c2N)C3)C[C@@H]1CF. The van der Waals surface area contributed by atoms with Crippen LogP contribution in [0.15, 0.2) is 24.3 Å². The van der Waals surface area contributed by atoms with E-state index in [0.29, 0.717) is 17.1 Å². The minimum absolute atomic E-state index is 0.00660. The number of likely N-dealkylation sites (N-methyl/N-ethyl adjacent to an activating group) is 1. The molecule has 0 aromatic carbocycles. The third-order valence-corrected chi connectivity index (χ3v) is 7.97. The van der Waals surface area contributed by atoms with E-state index in [1.54, 1.807) is 0 Å². The molecule has 4 N–H and O–H groups in total. The smallest absolute Gasteiger partial charge is 0.263 e. The van der Waals surface area contributed by atoms with Crippen LogP contribution in [0.2, 0.25) is 0 Å². The molecule has 0 unspecified atom stereocenters. The van der Waals surface area contributed by atoms with E-state index >= 15 is 0 Å². The number of hydrogen-bond donors (Lipinski definition) is 3. The van der Waals surface area contributed by atoms with Gasteiger partial charge in [0.15, 0.2) is 0 Å². The first kappa shape index (κ1) is 22.0. The van der Waals surface area contributed by atoms with Crippen LogP contribution in [0.5, 0.6) is 0 Å². The Morgan fingerprint density at radius 2 is 2.12 bits per heavy atom. The number of alkyl halides is 1. The number of anilines is 2. The molecule has 7 nitrogen and oxygen atoms in total. The van der Waals surface area contributed by atoms with Crippen LogP contribution >= 0.6 is 11.3 Å². The van der Waals surface area contributed by atoms with Gasteiger partial charge in [0.1, 0.15) is 15.5 Å². The van der Waals surface area contributed by atoms with Crippen LogP contribution in [0.3, 0.4) is 0 Å². The number of halogens is 1. The lowest BCUT2D eigenvalue weighted by Crippen LogP contribution is -2.39. The predicted molar refractivity (Wildman–Crippen MR) is 131 cm³/mol. The molecule has 1 aliphatic carbocycles. The van der Waals surface area contributed by atoms with Gasteiger partial charge in [0.05, 0.1) is 12.4 Å². The Labute approximate surface area is 196 Å². The van der Waals surface area contributed by atoms with Crippen LogP contribution in [-0.4, -0.2) is 54.8 Å². The lowest BCUT2D eigenvalue weighted by molar-refractivity contribution is 0.0938. The van der Waals surface area contributed by atoms with Crippen LogP contribution < -0.4 is 21.3 Å². The predicted octanol–water partition coefficient (Wildman–Crippen LogP) is 2.86. The van der Waals surface area contributed by atoms with Crippen molar-refractivity contribution in [3.8, 4) is 0 Å².